The first-order valence-electron chi connectivity index (χ1n) is 9.47. The minimum atomic E-state index is -0.374. The summed E-state index contributed by atoms with van der Waals surface area (Å²) in [6.07, 6.45) is 2.04. The van der Waals surface area contributed by atoms with Gasteiger partial charge in [-0.25, -0.2) is 9.48 Å². The van der Waals surface area contributed by atoms with Crippen molar-refractivity contribution in [2.24, 2.45) is 7.05 Å². The van der Waals surface area contributed by atoms with Crippen molar-refractivity contribution in [1.29, 1.82) is 0 Å². The van der Waals surface area contributed by atoms with Gasteiger partial charge < -0.3 is 15.4 Å². The van der Waals surface area contributed by atoms with Gasteiger partial charge in [-0.1, -0.05) is 0 Å². The van der Waals surface area contributed by atoms with Crippen molar-refractivity contribution in [3.63, 3.8) is 0 Å². The third kappa shape index (κ3) is 4.90. The number of rotatable bonds is 4. The largest absolute Gasteiger partial charge is 0.446 e. The molecular weight excluding hydrogens is 360 g/mol. The number of nitrogens with zero attached hydrogens (tertiary/aromatic N) is 3. The zero-order valence-electron chi connectivity index (χ0n) is 17.0. The summed E-state index contributed by atoms with van der Waals surface area (Å²) in [5.41, 5.74) is 1.17. The lowest BCUT2D eigenvalue weighted by molar-refractivity contribution is 0.0937. The third-order valence-electron chi connectivity index (χ3n) is 4.67. The molecule has 0 aromatic carbocycles. The lowest BCUT2D eigenvalue weighted by Crippen LogP contribution is -2.42. The molecule has 3 rings (SSSR count). The smallest absolute Gasteiger partial charge is 0.407 e. The summed E-state index contributed by atoms with van der Waals surface area (Å²) in [5.74, 6) is 1.45. The number of carbonyl (C=O) groups excluding carboxylic acids is 1. The van der Waals surface area contributed by atoms with Crippen LogP contribution in [0.25, 0.3) is 0 Å². The lowest BCUT2D eigenvalue weighted by atomic mass is 10.0. The number of amides is 1. The highest BCUT2D eigenvalue weighted by atomic mass is 16.6. The van der Waals surface area contributed by atoms with Gasteiger partial charge in [-0.05, 0) is 53.0 Å². The number of hydrogen-bond donors (Lipinski definition) is 3. The summed E-state index contributed by atoms with van der Waals surface area (Å²) >= 11 is 0. The molecule has 0 aliphatic heterocycles. The number of aryl methyl sites for hydroxylation is 2. The van der Waals surface area contributed by atoms with Gasteiger partial charge in [-0.3, -0.25) is 9.89 Å². The van der Waals surface area contributed by atoms with Gasteiger partial charge in [-0.15, -0.1) is 0 Å². The number of alkyl carbamates (subject to hydrolysis) is 1. The molecule has 3 N–H and O–H groups in total. The summed E-state index contributed by atoms with van der Waals surface area (Å²) in [6, 6.07) is 3.63. The maximum Gasteiger partial charge on any atom is 0.407 e. The van der Waals surface area contributed by atoms with E-state index in [1.54, 1.807) is 20.0 Å². The molecule has 1 aliphatic rings. The minimum Gasteiger partial charge on any atom is -0.446 e. The standard InChI is InChI=1S/C19H28N6O3/c1-11-8-16(24-25(5)17(11)26)20-15-10-14(22-23-15)12-6-7-13(9-12)28-18(27)21-19(2,3)4/h8,10,12-13H,6-7,9H2,1-5H3,(H,21,27)(H2,20,22,23,24)/t12-,13+/m0/s1. The first kappa shape index (κ1) is 19.9. The fourth-order valence-electron chi connectivity index (χ4n) is 3.38. The third-order valence-corrected chi connectivity index (χ3v) is 4.67. The van der Waals surface area contributed by atoms with Crippen LogP contribution in [0.2, 0.25) is 0 Å². The fraction of sp³-hybridized carbons (Fsp3) is 0.579. The van der Waals surface area contributed by atoms with Crippen LogP contribution in [0.4, 0.5) is 16.4 Å². The molecule has 1 aliphatic carbocycles. The molecule has 152 valence electrons. The average Bonchev–Trinajstić information content (AvgIpc) is 3.20. The highest BCUT2D eigenvalue weighted by molar-refractivity contribution is 5.68. The van der Waals surface area contributed by atoms with E-state index < -0.39 is 0 Å². The number of ether oxygens (including phenoxy) is 1. The van der Waals surface area contributed by atoms with E-state index in [0.717, 1.165) is 25.0 Å². The maximum absolute atomic E-state index is 11.9. The van der Waals surface area contributed by atoms with Crippen LogP contribution >= 0.6 is 0 Å². The number of carbonyl (C=O) groups is 1. The van der Waals surface area contributed by atoms with Crippen LogP contribution < -0.4 is 16.2 Å². The van der Waals surface area contributed by atoms with Crippen LogP contribution in [0.15, 0.2) is 16.9 Å². The van der Waals surface area contributed by atoms with Gasteiger partial charge >= 0.3 is 6.09 Å². The number of H-pyrrole nitrogens is 1. The number of nitrogens with one attached hydrogen (secondary N) is 3. The topological polar surface area (TPSA) is 114 Å². The van der Waals surface area contributed by atoms with Crippen molar-refractivity contribution >= 4 is 17.7 Å². The Hall–Kier alpha value is -2.84. The van der Waals surface area contributed by atoms with E-state index in [-0.39, 0.29) is 29.2 Å². The van der Waals surface area contributed by atoms with Crippen LogP contribution in [0.3, 0.4) is 0 Å². The summed E-state index contributed by atoms with van der Waals surface area (Å²) in [7, 11) is 1.62. The normalized spacial score (nSPS) is 19.5. The van der Waals surface area contributed by atoms with Crippen LogP contribution in [-0.2, 0) is 11.8 Å². The molecule has 1 fully saturated rings. The van der Waals surface area contributed by atoms with Gasteiger partial charge in [-0.2, -0.15) is 10.2 Å². The van der Waals surface area contributed by atoms with Crippen molar-refractivity contribution in [3.8, 4) is 0 Å². The van der Waals surface area contributed by atoms with Crippen molar-refractivity contribution in [1.82, 2.24) is 25.3 Å². The maximum atomic E-state index is 11.9. The number of aromatic amines is 1. The molecule has 2 heterocycles. The van der Waals surface area contributed by atoms with E-state index in [2.05, 4.69) is 25.9 Å². The van der Waals surface area contributed by atoms with Crippen LogP contribution in [-0.4, -0.2) is 37.7 Å². The second-order valence-electron chi connectivity index (χ2n) is 8.39. The summed E-state index contributed by atoms with van der Waals surface area (Å²) in [4.78, 5) is 23.7. The molecule has 0 saturated heterocycles. The molecule has 9 nitrogen and oxygen atoms in total. The number of anilines is 2. The average molecular weight is 388 g/mol. The first-order chi connectivity index (χ1) is 13.1. The van der Waals surface area contributed by atoms with Gasteiger partial charge in [0.1, 0.15) is 6.10 Å². The van der Waals surface area contributed by atoms with E-state index in [1.807, 2.05) is 26.8 Å². The number of aromatic nitrogens is 4. The molecule has 0 bridgehead atoms. The molecule has 1 saturated carbocycles. The van der Waals surface area contributed by atoms with E-state index in [1.165, 1.54) is 4.68 Å². The molecule has 0 radical (unpaired) electrons. The zero-order valence-corrected chi connectivity index (χ0v) is 17.0. The molecule has 9 heteroatoms. The lowest BCUT2D eigenvalue weighted by Gasteiger charge is -2.22. The summed E-state index contributed by atoms with van der Waals surface area (Å²) in [5, 5.41) is 17.5. The Balaban J connectivity index is 1.59. The van der Waals surface area contributed by atoms with Gasteiger partial charge in [0, 0.05) is 35.8 Å². The molecule has 28 heavy (non-hydrogen) atoms. The van der Waals surface area contributed by atoms with Crippen molar-refractivity contribution < 1.29 is 9.53 Å². The van der Waals surface area contributed by atoms with Crippen molar-refractivity contribution in [2.45, 2.75) is 64.5 Å². The quantitative estimate of drug-likeness (QED) is 0.742. The monoisotopic (exact) mass is 388 g/mol. The predicted molar refractivity (Wildman–Crippen MR) is 106 cm³/mol. The zero-order chi connectivity index (χ0) is 20.5. The molecule has 0 unspecified atom stereocenters. The van der Waals surface area contributed by atoms with E-state index in [0.29, 0.717) is 17.2 Å². The Kier molecular flexibility index (Phi) is 5.44. The minimum absolute atomic E-state index is 0.0972. The van der Waals surface area contributed by atoms with Crippen molar-refractivity contribution in [3.05, 3.63) is 33.7 Å². The molecule has 2 atom stereocenters. The highest BCUT2D eigenvalue weighted by Crippen LogP contribution is 2.36. The summed E-state index contributed by atoms with van der Waals surface area (Å²) in [6.45, 7) is 7.52. The Bertz CT molecular complexity index is 885. The van der Waals surface area contributed by atoms with Gasteiger partial charge in [0.15, 0.2) is 11.6 Å². The Labute approximate surface area is 163 Å². The Morgan fingerprint density at radius 2 is 2.04 bits per heavy atom. The van der Waals surface area contributed by atoms with Gasteiger partial charge in [0.25, 0.3) is 5.56 Å². The van der Waals surface area contributed by atoms with E-state index in [9.17, 15) is 9.59 Å². The number of hydrogen-bond acceptors (Lipinski definition) is 6. The Morgan fingerprint density at radius 1 is 1.29 bits per heavy atom. The second kappa shape index (κ2) is 7.65. The predicted octanol–water partition coefficient (Wildman–Crippen LogP) is 2.72. The summed E-state index contributed by atoms with van der Waals surface area (Å²) < 4.78 is 6.84. The highest BCUT2D eigenvalue weighted by Gasteiger charge is 2.30. The molecule has 2 aromatic heterocycles. The fourth-order valence-corrected chi connectivity index (χ4v) is 3.38. The molecular formula is C19H28N6O3. The SMILES string of the molecule is Cc1cc(Nc2cc([C@H]3CC[C@@H](OC(=O)NC(C)(C)C)C3)[nH]n2)nn(C)c1=O. The van der Waals surface area contributed by atoms with Crippen LogP contribution in [0, 0.1) is 6.92 Å². The van der Waals surface area contributed by atoms with Crippen LogP contribution in [0.1, 0.15) is 57.2 Å². The molecule has 1 amide bonds. The van der Waals surface area contributed by atoms with Crippen molar-refractivity contribution in [2.75, 3.05) is 5.32 Å². The van der Waals surface area contributed by atoms with Gasteiger partial charge in [0.05, 0.1) is 0 Å². The van der Waals surface area contributed by atoms with Crippen LogP contribution in [0.5, 0.6) is 0 Å². The second-order valence-corrected chi connectivity index (χ2v) is 8.39. The molecule has 0 spiro atoms. The van der Waals surface area contributed by atoms with Gasteiger partial charge in [0.2, 0.25) is 0 Å². The van der Waals surface area contributed by atoms with E-state index >= 15 is 0 Å². The Morgan fingerprint density at radius 3 is 2.71 bits per heavy atom. The van der Waals surface area contributed by atoms with E-state index in [4.69, 9.17) is 4.74 Å². The molecule has 2 aromatic rings. The first-order valence-corrected chi connectivity index (χ1v) is 9.47.